The van der Waals surface area contributed by atoms with Gasteiger partial charge in [0.1, 0.15) is 0 Å². The Morgan fingerprint density at radius 1 is 1.21 bits per heavy atom. The lowest BCUT2D eigenvalue weighted by atomic mass is 10.1. The Bertz CT molecular complexity index is 387. The number of nitrogens with zero attached hydrogens (tertiary/aromatic N) is 3. The lowest BCUT2D eigenvalue weighted by Gasteiger charge is -2.33. The number of piperidine rings is 1. The SMILES string of the molecule is CN(C)C(=NCCCCS(=O)(=O)O)N1CCCCC1. The van der Waals surface area contributed by atoms with E-state index in [1.54, 1.807) is 0 Å². The fraction of sp³-hybridized carbons (Fsp3) is 0.917. The van der Waals surface area contributed by atoms with Crippen LogP contribution in [0.4, 0.5) is 0 Å². The predicted molar refractivity (Wildman–Crippen MR) is 77.1 cm³/mol. The maximum absolute atomic E-state index is 10.6. The maximum atomic E-state index is 10.6. The molecule has 0 aromatic rings. The quantitative estimate of drug-likeness (QED) is 0.355. The van der Waals surface area contributed by atoms with Crippen LogP contribution < -0.4 is 0 Å². The number of unbranched alkanes of at least 4 members (excludes halogenated alkanes) is 1. The zero-order valence-corrected chi connectivity index (χ0v) is 12.7. The molecule has 1 rings (SSSR count). The molecule has 0 atom stereocenters. The van der Waals surface area contributed by atoms with Gasteiger partial charge in [0, 0.05) is 33.7 Å². The van der Waals surface area contributed by atoms with Crippen molar-refractivity contribution in [1.29, 1.82) is 0 Å². The van der Waals surface area contributed by atoms with Crippen LogP contribution in [0.2, 0.25) is 0 Å². The van der Waals surface area contributed by atoms with Gasteiger partial charge in [-0.2, -0.15) is 8.42 Å². The first-order valence-corrected chi connectivity index (χ1v) is 8.43. The van der Waals surface area contributed by atoms with Crippen LogP contribution in [-0.2, 0) is 10.1 Å². The van der Waals surface area contributed by atoms with E-state index >= 15 is 0 Å². The van der Waals surface area contributed by atoms with Gasteiger partial charge in [-0.3, -0.25) is 9.55 Å². The highest BCUT2D eigenvalue weighted by Crippen LogP contribution is 2.10. The Morgan fingerprint density at radius 3 is 2.37 bits per heavy atom. The molecule has 0 spiro atoms. The summed E-state index contributed by atoms with van der Waals surface area (Å²) in [4.78, 5) is 8.85. The van der Waals surface area contributed by atoms with E-state index in [9.17, 15) is 8.42 Å². The van der Waals surface area contributed by atoms with Gasteiger partial charge in [-0.15, -0.1) is 0 Å². The van der Waals surface area contributed by atoms with Gasteiger partial charge in [0.05, 0.1) is 5.75 Å². The van der Waals surface area contributed by atoms with Gasteiger partial charge in [-0.05, 0) is 32.1 Å². The van der Waals surface area contributed by atoms with Crippen LogP contribution >= 0.6 is 0 Å². The molecule has 0 unspecified atom stereocenters. The van der Waals surface area contributed by atoms with Gasteiger partial charge in [-0.1, -0.05) is 0 Å². The van der Waals surface area contributed by atoms with E-state index in [2.05, 4.69) is 9.89 Å². The maximum Gasteiger partial charge on any atom is 0.264 e. The topological polar surface area (TPSA) is 73.2 Å². The second-order valence-electron chi connectivity index (χ2n) is 5.12. The molecule has 6 nitrogen and oxygen atoms in total. The van der Waals surface area contributed by atoms with Crippen LogP contribution in [0.3, 0.4) is 0 Å². The number of hydrogen-bond acceptors (Lipinski definition) is 3. The van der Waals surface area contributed by atoms with Crippen LogP contribution in [0, 0.1) is 0 Å². The molecule has 0 bridgehead atoms. The summed E-state index contributed by atoms with van der Waals surface area (Å²) in [5.41, 5.74) is 0. The van der Waals surface area contributed by atoms with Gasteiger partial charge in [0.15, 0.2) is 5.96 Å². The van der Waals surface area contributed by atoms with E-state index in [0.29, 0.717) is 19.4 Å². The van der Waals surface area contributed by atoms with E-state index in [0.717, 1.165) is 19.0 Å². The smallest absolute Gasteiger partial charge is 0.264 e. The molecule has 0 radical (unpaired) electrons. The Balaban J connectivity index is 2.40. The fourth-order valence-electron chi connectivity index (χ4n) is 2.19. The van der Waals surface area contributed by atoms with Gasteiger partial charge in [0.25, 0.3) is 10.1 Å². The third-order valence-electron chi connectivity index (χ3n) is 3.10. The monoisotopic (exact) mass is 291 g/mol. The second-order valence-corrected chi connectivity index (χ2v) is 6.69. The van der Waals surface area contributed by atoms with Crippen molar-refractivity contribution in [2.75, 3.05) is 39.5 Å². The molecular weight excluding hydrogens is 266 g/mol. The highest BCUT2D eigenvalue weighted by atomic mass is 32.2. The van der Waals surface area contributed by atoms with Gasteiger partial charge < -0.3 is 9.80 Å². The number of hydrogen-bond donors (Lipinski definition) is 1. The molecule has 0 aromatic carbocycles. The molecule has 0 aliphatic carbocycles. The molecule has 0 aromatic heterocycles. The summed E-state index contributed by atoms with van der Waals surface area (Å²) in [6.07, 6.45) is 4.81. The molecule has 112 valence electrons. The van der Waals surface area contributed by atoms with E-state index in [1.807, 2.05) is 19.0 Å². The van der Waals surface area contributed by atoms with Crippen molar-refractivity contribution in [1.82, 2.24) is 9.80 Å². The lowest BCUT2D eigenvalue weighted by molar-refractivity contribution is 0.307. The summed E-state index contributed by atoms with van der Waals surface area (Å²) in [6, 6.07) is 0. The normalized spacial score (nSPS) is 17.6. The van der Waals surface area contributed by atoms with E-state index in [1.165, 1.54) is 19.3 Å². The summed E-state index contributed by atoms with van der Waals surface area (Å²) >= 11 is 0. The summed E-state index contributed by atoms with van der Waals surface area (Å²) in [5.74, 6) is 0.801. The fourth-order valence-corrected chi connectivity index (χ4v) is 2.76. The molecule has 1 fully saturated rings. The van der Waals surface area contributed by atoms with E-state index in [4.69, 9.17) is 4.55 Å². The first kappa shape index (κ1) is 16.2. The largest absolute Gasteiger partial charge is 0.349 e. The summed E-state index contributed by atoms with van der Waals surface area (Å²) in [6.45, 7) is 2.68. The lowest BCUT2D eigenvalue weighted by Crippen LogP contribution is -2.43. The summed E-state index contributed by atoms with van der Waals surface area (Å²) in [7, 11) is 0.125. The van der Waals surface area contributed by atoms with Gasteiger partial charge >= 0.3 is 0 Å². The van der Waals surface area contributed by atoms with Crippen LogP contribution in [0.25, 0.3) is 0 Å². The van der Waals surface area contributed by atoms with Crippen LogP contribution in [0.15, 0.2) is 4.99 Å². The zero-order valence-electron chi connectivity index (χ0n) is 11.9. The molecule has 1 saturated heterocycles. The van der Waals surface area contributed by atoms with Crippen molar-refractivity contribution in [3.8, 4) is 0 Å². The number of guanidine groups is 1. The van der Waals surface area contributed by atoms with Crippen LogP contribution in [0.5, 0.6) is 0 Å². The van der Waals surface area contributed by atoms with Crippen LogP contribution in [0.1, 0.15) is 32.1 Å². The molecule has 1 N–H and O–H groups in total. The number of aliphatic imine (C=N–C) groups is 1. The highest BCUT2D eigenvalue weighted by molar-refractivity contribution is 7.85. The molecule has 19 heavy (non-hydrogen) atoms. The molecular formula is C12H25N3O3S. The minimum absolute atomic E-state index is 0.177. The van der Waals surface area contributed by atoms with Crippen molar-refractivity contribution >= 4 is 16.1 Å². The minimum atomic E-state index is -3.83. The number of likely N-dealkylation sites (tertiary alicyclic amines) is 1. The molecule has 0 saturated carbocycles. The first-order valence-electron chi connectivity index (χ1n) is 6.82. The van der Waals surface area contributed by atoms with Crippen molar-refractivity contribution < 1.29 is 13.0 Å². The molecule has 1 heterocycles. The predicted octanol–water partition coefficient (Wildman–Crippen LogP) is 1.06. The Labute approximate surface area is 116 Å². The Hall–Kier alpha value is -0.820. The molecule has 7 heteroatoms. The molecule has 1 aliphatic rings. The third-order valence-corrected chi connectivity index (χ3v) is 3.91. The van der Waals surface area contributed by atoms with E-state index < -0.39 is 10.1 Å². The van der Waals surface area contributed by atoms with Gasteiger partial charge in [-0.25, -0.2) is 0 Å². The average Bonchev–Trinajstić information content (AvgIpc) is 2.33. The zero-order chi connectivity index (χ0) is 14.3. The third kappa shape index (κ3) is 6.77. The van der Waals surface area contributed by atoms with E-state index in [-0.39, 0.29) is 5.75 Å². The molecule has 1 aliphatic heterocycles. The Kier molecular flexibility index (Phi) is 6.57. The van der Waals surface area contributed by atoms with Gasteiger partial charge in [0.2, 0.25) is 0 Å². The Morgan fingerprint density at radius 2 is 1.84 bits per heavy atom. The molecule has 0 amide bonds. The summed E-state index contributed by atoms with van der Waals surface area (Å²) in [5, 5.41) is 0. The van der Waals surface area contributed by atoms with Crippen molar-refractivity contribution in [2.45, 2.75) is 32.1 Å². The average molecular weight is 291 g/mol. The van der Waals surface area contributed by atoms with Crippen molar-refractivity contribution in [3.05, 3.63) is 0 Å². The van der Waals surface area contributed by atoms with Crippen LogP contribution in [-0.4, -0.2) is 68.2 Å². The number of rotatable bonds is 5. The highest BCUT2D eigenvalue weighted by Gasteiger charge is 2.15. The minimum Gasteiger partial charge on any atom is -0.349 e. The summed E-state index contributed by atoms with van der Waals surface area (Å²) < 4.78 is 29.8. The van der Waals surface area contributed by atoms with Crippen molar-refractivity contribution in [3.63, 3.8) is 0 Å². The standard InChI is InChI=1S/C12H25N3O3S/c1-14(2)12(15-9-5-3-6-10-15)13-8-4-7-11-19(16,17)18/h3-11H2,1-2H3,(H,16,17,18). The first-order chi connectivity index (χ1) is 8.90. The van der Waals surface area contributed by atoms with Crippen molar-refractivity contribution in [2.24, 2.45) is 4.99 Å². The second kappa shape index (κ2) is 7.69.